The van der Waals surface area contributed by atoms with Gasteiger partial charge in [-0.15, -0.1) is 0 Å². The molecule has 8 heteroatoms. The van der Waals surface area contributed by atoms with E-state index in [4.69, 9.17) is 4.74 Å². The van der Waals surface area contributed by atoms with Crippen LogP contribution in [0, 0.1) is 0 Å². The van der Waals surface area contributed by atoms with Gasteiger partial charge in [-0.1, -0.05) is 24.3 Å². The molecule has 0 aliphatic rings. The first-order valence-corrected chi connectivity index (χ1v) is 10.7. The first kappa shape index (κ1) is 19.7. The van der Waals surface area contributed by atoms with Crippen molar-refractivity contribution >= 4 is 26.6 Å². The second-order valence-electron chi connectivity index (χ2n) is 6.63. The zero-order chi connectivity index (χ0) is 21.1. The van der Waals surface area contributed by atoms with Gasteiger partial charge in [-0.3, -0.25) is 9.78 Å². The van der Waals surface area contributed by atoms with Crippen molar-refractivity contribution in [3.8, 4) is 5.75 Å². The Balaban J connectivity index is 1.47. The highest BCUT2D eigenvalue weighted by Gasteiger charge is 2.21. The number of amides is 1. The minimum atomic E-state index is -3.71. The van der Waals surface area contributed by atoms with E-state index in [9.17, 15) is 13.2 Å². The van der Waals surface area contributed by atoms with Crippen LogP contribution in [-0.4, -0.2) is 31.4 Å². The van der Waals surface area contributed by atoms with E-state index >= 15 is 0 Å². The fourth-order valence-electron chi connectivity index (χ4n) is 3.13. The van der Waals surface area contributed by atoms with Gasteiger partial charge >= 0.3 is 0 Å². The Morgan fingerprint density at radius 1 is 1.10 bits per heavy atom. The first-order chi connectivity index (χ1) is 14.5. The molecule has 2 heterocycles. The maximum Gasteiger partial charge on any atom is 0.267 e. The van der Waals surface area contributed by atoms with Gasteiger partial charge in [-0.2, -0.15) is 0 Å². The molecule has 0 unspecified atom stereocenters. The number of para-hydroxylation sites is 1. The second kappa shape index (κ2) is 8.00. The lowest BCUT2D eigenvalue weighted by molar-refractivity contribution is 0.0946. The highest BCUT2D eigenvalue weighted by Crippen LogP contribution is 2.29. The SMILES string of the molecule is COc1ccccc1S(=O)(=O)c1ccc(CNC(=O)c2cc3cnccc3[nH]2)cc1. The van der Waals surface area contributed by atoms with E-state index in [0.29, 0.717) is 11.4 Å². The summed E-state index contributed by atoms with van der Waals surface area (Å²) in [7, 11) is -2.28. The topological polar surface area (TPSA) is 101 Å². The summed E-state index contributed by atoms with van der Waals surface area (Å²) in [6, 6.07) is 16.4. The molecule has 0 saturated heterocycles. The lowest BCUT2D eigenvalue weighted by Crippen LogP contribution is -2.23. The van der Waals surface area contributed by atoms with Crippen LogP contribution in [0.5, 0.6) is 5.75 Å². The third kappa shape index (κ3) is 3.77. The van der Waals surface area contributed by atoms with Crippen LogP contribution in [0.1, 0.15) is 16.1 Å². The molecular formula is C22H19N3O4S. The van der Waals surface area contributed by atoms with Gasteiger partial charge in [0, 0.05) is 29.8 Å². The number of hydrogen-bond donors (Lipinski definition) is 2. The second-order valence-corrected chi connectivity index (χ2v) is 8.54. The molecule has 4 aromatic rings. The van der Waals surface area contributed by atoms with Crippen molar-refractivity contribution in [2.75, 3.05) is 7.11 Å². The van der Waals surface area contributed by atoms with E-state index in [1.165, 1.54) is 25.3 Å². The number of methoxy groups -OCH3 is 1. The maximum absolute atomic E-state index is 12.9. The number of sulfone groups is 1. The monoisotopic (exact) mass is 421 g/mol. The predicted molar refractivity (Wildman–Crippen MR) is 112 cm³/mol. The number of nitrogens with one attached hydrogen (secondary N) is 2. The van der Waals surface area contributed by atoms with Crippen LogP contribution < -0.4 is 10.1 Å². The quantitative estimate of drug-likeness (QED) is 0.497. The largest absolute Gasteiger partial charge is 0.495 e. The van der Waals surface area contributed by atoms with Crippen LogP contribution in [0.3, 0.4) is 0 Å². The van der Waals surface area contributed by atoms with E-state index < -0.39 is 9.84 Å². The van der Waals surface area contributed by atoms with E-state index in [1.807, 2.05) is 0 Å². The summed E-state index contributed by atoms with van der Waals surface area (Å²) in [6.07, 6.45) is 3.34. The number of carbonyl (C=O) groups excluding carboxylic acids is 1. The number of aromatic amines is 1. The van der Waals surface area contributed by atoms with Crippen LogP contribution in [0.25, 0.3) is 10.9 Å². The zero-order valence-corrected chi connectivity index (χ0v) is 16.9. The van der Waals surface area contributed by atoms with Gasteiger partial charge < -0.3 is 15.0 Å². The molecule has 0 atom stereocenters. The number of H-pyrrole nitrogens is 1. The van der Waals surface area contributed by atoms with Crippen molar-refractivity contribution in [3.63, 3.8) is 0 Å². The average molecular weight is 421 g/mol. The molecule has 0 aliphatic heterocycles. The summed E-state index contributed by atoms with van der Waals surface area (Å²) in [5.74, 6) is 0.0410. The van der Waals surface area contributed by atoms with Gasteiger partial charge in [0.2, 0.25) is 9.84 Å². The Morgan fingerprint density at radius 2 is 1.87 bits per heavy atom. The minimum Gasteiger partial charge on any atom is -0.495 e. The fraction of sp³-hybridized carbons (Fsp3) is 0.0909. The van der Waals surface area contributed by atoms with E-state index in [1.54, 1.807) is 54.9 Å². The number of hydrogen-bond acceptors (Lipinski definition) is 5. The van der Waals surface area contributed by atoms with Crippen LogP contribution in [0.2, 0.25) is 0 Å². The van der Waals surface area contributed by atoms with Crippen molar-refractivity contribution in [3.05, 3.63) is 84.3 Å². The van der Waals surface area contributed by atoms with Crippen LogP contribution in [-0.2, 0) is 16.4 Å². The van der Waals surface area contributed by atoms with Gasteiger partial charge in [-0.05, 0) is 42.0 Å². The maximum atomic E-state index is 12.9. The van der Waals surface area contributed by atoms with E-state index in [0.717, 1.165) is 16.5 Å². The van der Waals surface area contributed by atoms with Gasteiger partial charge in [0.05, 0.1) is 12.0 Å². The van der Waals surface area contributed by atoms with E-state index in [-0.39, 0.29) is 22.2 Å². The summed E-state index contributed by atoms with van der Waals surface area (Å²) < 4.78 is 31.0. The lowest BCUT2D eigenvalue weighted by atomic mass is 10.2. The number of benzene rings is 2. The summed E-state index contributed by atoms with van der Waals surface area (Å²) in [5, 5.41) is 3.68. The molecule has 2 aromatic carbocycles. The van der Waals surface area contributed by atoms with Crippen LogP contribution in [0.4, 0.5) is 0 Å². The van der Waals surface area contributed by atoms with Crippen LogP contribution >= 0.6 is 0 Å². The molecule has 7 nitrogen and oxygen atoms in total. The van der Waals surface area contributed by atoms with Crippen molar-refractivity contribution < 1.29 is 17.9 Å². The normalized spacial score (nSPS) is 11.4. The predicted octanol–water partition coefficient (Wildman–Crippen LogP) is 3.33. The Hall–Kier alpha value is -3.65. The molecule has 1 amide bonds. The fourth-order valence-corrected chi connectivity index (χ4v) is 4.55. The molecule has 0 bridgehead atoms. The van der Waals surface area contributed by atoms with Gasteiger partial charge in [0.1, 0.15) is 16.3 Å². The molecule has 2 N–H and O–H groups in total. The molecule has 4 rings (SSSR count). The Morgan fingerprint density at radius 3 is 2.60 bits per heavy atom. The Labute approximate surface area is 173 Å². The number of aromatic nitrogens is 2. The zero-order valence-electron chi connectivity index (χ0n) is 16.1. The Bertz CT molecular complexity index is 1280. The molecule has 0 fully saturated rings. The highest BCUT2D eigenvalue weighted by atomic mass is 32.2. The number of pyridine rings is 1. The van der Waals surface area contributed by atoms with Gasteiger partial charge in [0.15, 0.2) is 0 Å². The number of ether oxygens (including phenoxy) is 1. The molecule has 0 saturated carbocycles. The average Bonchev–Trinajstić information content (AvgIpc) is 3.22. The minimum absolute atomic E-state index is 0.113. The summed E-state index contributed by atoms with van der Waals surface area (Å²) in [6.45, 7) is 0.265. The number of carbonyl (C=O) groups is 1. The first-order valence-electron chi connectivity index (χ1n) is 9.17. The van der Waals surface area contributed by atoms with Crippen molar-refractivity contribution in [1.82, 2.24) is 15.3 Å². The lowest BCUT2D eigenvalue weighted by Gasteiger charge is -2.10. The number of rotatable bonds is 6. The molecule has 0 radical (unpaired) electrons. The molecule has 2 aromatic heterocycles. The Kier molecular flexibility index (Phi) is 5.24. The van der Waals surface area contributed by atoms with Gasteiger partial charge in [-0.25, -0.2) is 8.42 Å². The molecule has 0 spiro atoms. The third-order valence-electron chi connectivity index (χ3n) is 4.71. The summed E-state index contributed by atoms with van der Waals surface area (Å²) >= 11 is 0. The number of fused-ring (bicyclic) bond motifs is 1. The van der Waals surface area contributed by atoms with E-state index in [2.05, 4.69) is 15.3 Å². The number of nitrogens with zero attached hydrogens (tertiary/aromatic N) is 1. The molecule has 30 heavy (non-hydrogen) atoms. The smallest absolute Gasteiger partial charge is 0.267 e. The summed E-state index contributed by atoms with van der Waals surface area (Å²) in [4.78, 5) is 19.7. The van der Waals surface area contributed by atoms with Crippen LogP contribution in [0.15, 0.2) is 82.8 Å². The van der Waals surface area contributed by atoms with Gasteiger partial charge in [0.25, 0.3) is 5.91 Å². The highest BCUT2D eigenvalue weighted by molar-refractivity contribution is 7.91. The molecule has 152 valence electrons. The third-order valence-corrected chi connectivity index (χ3v) is 6.52. The molecular weight excluding hydrogens is 402 g/mol. The molecule has 0 aliphatic carbocycles. The summed E-state index contributed by atoms with van der Waals surface area (Å²) in [5.41, 5.74) is 2.05. The standard InChI is InChI=1S/C22H19N3O4S/c1-29-20-4-2-3-5-21(20)30(27,28)17-8-6-15(7-9-17)13-24-22(26)19-12-16-14-23-11-10-18(16)25-19/h2-12,14,25H,13H2,1H3,(H,24,26). The van der Waals surface area contributed by atoms with Crippen molar-refractivity contribution in [2.24, 2.45) is 0 Å². The van der Waals surface area contributed by atoms with Crippen molar-refractivity contribution in [2.45, 2.75) is 16.3 Å². The van der Waals surface area contributed by atoms with Crippen molar-refractivity contribution in [1.29, 1.82) is 0 Å².